The van der Waals surface area contributed by atoms with Crippen molar-refractivity contribution in [1.82, 2.24) is 10.6 Å². The van der Waals surface area contributed by atoms with Crippen molar-refractivity contribution < 1.29 is 4.79 Å². The van der Waals surface area contributed by atoms with Crippen LogP contribution >= 0.6 is 15.9 Å². The highest BCUT2D eigenvalue weighted by Crippen LogP contribution is 2.18. The highest BCUT2D eigenvalue weighted by atomic mass is 79.9. The molecule has 0 spiro atoms. The SMILES string of the molecule is C[C@H](NC(=O)CC1CCCNC1)c1ccc(Br)cc1. The molecule has 4 heteroatoms. The van der Waals surface area contributed by atoms with Gasteiger partial charge in [0.25, 0.3) is 0 Å². The van der Waals surface area contributed by atoms with Crippen molar-refractivity contribution >= 4 is 21.8 Å². The molecule has 1 heterocycles. The Morgan fingerprint density at radius 2 is 2.21 bits per heavy atom. The molecule has 0 aromatic heterocycles. The monoisotopic (exact) mass is 324 g/mol. The fraction of sp³-hybridized carbons (Fsp3) is 0.533. The van der Waals surface area contributed by atoms with Crippen LogP contribution in [0.4, 0.5) is 0 Å². The normalized spacial score (nSPS) is 20.8. The highest BCUT2D eigenvalue weighted by molar-refractivity contribution is 9.10. The summed E-state index contributed by atoms with van der Waals surface area (Å²) in [4.78, 5) is 12.0. The van der Waals surface area contributed by atoms with Crippen LogP contribution in [0.2, 0.25) is 0 Å². The van der Waals surface area contributed by atoms with E-state index in [-0.39, 0.29) is 11.9 Å². The first-order valence-electron chi connectivity index (χ1n) is 6.90. The quantitative estimate of drug-likeness (QED) is 0.893. The molecule has 2 atom stereocenters. The van der Waals surface area contributed by atoms with E-state index in [2.05, 4.69) is 26.6 Å². The second kappa shape index (κ2) is 7.06. The standard InChI is InChI=1S/C15H21BrN2O/c1-11(13-4-6-14(16)7-5-13)18-15(19)9-12-3-2-8-17-10-12/h4-7,11-12,17H,2-3,8-10H2,1H3,(H,18,19)/t11-,12?/m0/s1. The summed E-state index contributed by atoms with van der Waals surface area (Å²) in [7, 11) is 0. The van der Waals surface area contributed by atoms with Gasteiger partial charge in [-0.15, -0.1) is 0 Å². The van der Waals surface area contributed by atoms with Crippen LogP contribution in [0.1, 0.15) is 37.8 Å². The lowest BCUT2D eigenvalue weighted by molar-refractivity contribution is -0.122. The molecule has 1 fully saturated rings. The van der Waals surface area contributed by atoms with Crippen LogP contribution in [0.15, 0.2) is 28.7 Å². The largest absolute Gasteiger partial charge is 0.350 e. The minimum atomic E-state index is 0.0668. The van der Waals surface area contributed by atoms with Crippen molar-refractivity contribution in [3.63, 3.8) is 0 Å². The first-order valence-corrected chi connectivity index (χ1v) is 7.70. The zero-order valence-electron chi connectivity index (χ0n) is 11.3. The van der Waals surface area contributed by atoms with Gasteiger partial charge in [0.2, 0.25) is 5.91 Å². The molecule has 1 unspecified atom stereocenters. The van der Waals surface area contributed by atoms with Gasteiger partial charge in [-0.1, -0.05) is 28.1 Å². The van der Waals surface area contributed by atoms with E-state index in [0.29, 0.717) is 12.3 Å². The number of carbonyl (C=O) groups excluding carboxylic acids is 1. The topological polar surface area (TPSA) is 41.1 Å². The van der Waals surface area contributed by atoms with Gasteiger partial charge >= 0.3 is 0 Å². The molecule has 2 rings (SSSR count). The molecule has 1 saturated heterocycles. The lowest BCUT2D eigenvalue weighted by Crippen LogP contribution is -2.35. The van der Waals surface area contributed by atoms with Crippen LogP contribution < -0.4 is 10.6 Å². The van der Waals surface area contributed by atoms with Crippen LogP contribution in [-0.4, -0.2) is 19.0 Å². The molecule has 1 aromatic carbocycles. The lowest BCUT2D eigenvalue weighted by atomic mass is 9.95. The Bertz CT molecular complexity index is 413. The van der Waals surface area contributed by atoms with E-state index in [9.17, 15) is 4.79 Å². The highest BCUT2D eigenvalue weighted by Gasteiger charge is 2.18. The minimum Gasteiger partial charge on any atom is -0.350 e. The summed E-state index contributed by atoms with van der Waals surface area (Å²) < 4.78 is 1.06. The molecule has 0 saturated carbocycles. The van der Waals surface area contributed by atoms with Gasteiger partial charge in [-0.05, 0) is 56.5 Å². The Balaban J connectivity index is 1.82. The van der Waals surface area contributed by atoms with Gasteiger partial charge in [-0.2, -0.15) is 0 Å². The Kier molecular flexibility index (Phi) is 5.40. The number of rotatable bonds is 4. The van der Waals surface area contributed by atoms with Crippen LogP contribution in [-0.2, 0) is 4.79 Å². The second-order valence-corrected chi connectivity index (χ2v) is 6.17. The van der Waals surface area contributed by atoms with E-state index in [1.165, 1.54) is 6.42 Å². The molecular formula is C15H21BrN2O. The number of benzene rings is 1. The molecule has 0 aliphatic carbocycles. The van der Waals surface area contributed by atoms with Gasteiger partial charge in [0.15, 0.2) is 0 Å². The predicted octanol–water partition coefficient (Wildman–Crippen LogP) is 3.02. The fourth-order valence-electron chi connectivity index (χ4n) is 2.50. The minimum absolute atomic E-state index is 0.0668. The third-order valence-electron chi connectivity index (χ3n) is 3.62. The molecular weight excluding hydrogens is 304 g/mol. The van der Waals surface area contributed by atoms with Gasteiger partial charge in [0.1, 0.15) is 0 Å². The zero-order valence-corrected chi connectivity index (χ0v) is 12.9. The third-order valence-corrected chi connectivity index (χ3v) is 4.15. The van der Waals surface area contributed by atoms with Crippen molar-refractivity contribution in [3.8, 4) is 0 Å². The maximum absolute atomic E-state index is 12.0. The number of amides is 1. The van der Waals surface area contributed by atoms with Crippen molar-refractivity contribution in [3.05, 3.63) is 34.3 Å². The Morgan fingerprint density at radius 1 is 1.47 bits per heavy atom. The van der Waals surface area contributed by atoms with Gasteiger partial charge in [0, 0.05) is 10.9 Å². The molecule has 1 amide bonds. The average Bonchev–Trinajstić information content (AvgIpc) is 2.40. The molecule has 104 valence electrons. The maximum Gasteiger partial charge on any atom is 0.220 e. The zero-order chi connectivity index (χ0) is 13.7. The van der Waals surface area contributed by atoms with E-state index in [0.717, 1.165) is 29.5 Å². The molecule has 19 heavy (non-hydrogen) atoms. The number of hydrogen-bond acceptors (Lipinski definition) is 2. The molecule has 2 N–H and O–H groups in total. The smallest absolute Gasteiger partial charge is 0.220 e. The van der Waals surface area contributed by atoms with Crippen LogP contribution in [0, 0.1) is 5.92 Å². The first-order chi connectivity index (χ1) is 9.15. The number of piperidine rings is 1. The third kappa shape index (κ3) is 4.62. The Hall–Kier alpha value is -0.870. The molecule has 0 bridgehead atoms. The van der Waals surface area contributed by atoms with Gasteiger partial charge < -0.3 is 10.6 Å². The summed E-state index contributed by atoms with van der Waals surface area (Å²) in [6, 6.07) is 8.15. The van der Waals surface area contributed by atoms with Crippen LogP contribution in [0.3, 0.4) is 0 Å². The van der Waals surface area contributed by atoms with Crippen molar-refractivity contribution in [2.45, 2.75) is 32.2 Å². The molecule has 1 aromatic rings. The summed E-state index contributed by atoms with van der Waals surface area (Å²) in [5, 5.41) is 6.43. The number of carbonyl (C=O) groups is 1. The summed E-state index contributed by atoms with van der Waals surface area (Å²) in [5.74, 6) is 0.648. The van der Waals surface area contributed by atoms with E-state index in [4.69, 9.17) is 0 Å². The molecule has 3 nitrogen and oxygen atoms in total. The van der Waals surface area contributed by atoms with E-state index < -0.39 is 0 Å². The van der Waals surface area contributed by atoms with Crippen LogP contribution in [0.25, 0.3) is 0 Å². The average molecular weight is 325 g/mol. The number of halogens is 1. The molecule has 0 radical (unpaired) electrons. The van der Waals surface area contributed by atoms with Crippen molar-refractivity contribution in [2.75, 3.05) is 13.1 Å². The summed E-state index contributed by atoms with van der Waals surface area (Å²) in [5.41, 5.74) is 1.14. The second-order valence-electron chi connectivity index (χ2n) is 5.26. The first kappa shape index (κ1) is 14.5. The number of hydrogen-bond donors (Lipinski definition) is 2. The maximum atomic E-state index is 12.0. The summed E-state index contributed by atoms with van der Waals surface area (Å²) in [6.07, 6.45) is 2.97. The summed E-state index contributed by atoms with van der Waals surface area (Å²) in [6.45, 7) is 4.09. The summed E-state index contributed by atoms with van der Waals surface area (Å²) >= 11 is 3.42. The van der Waals surface area contributed by atoms with Gasteiger partial charge in [-0.25, -0.2) is 0 Å². The van der Waals surface area contributed by atoms with Crippen molar-refractivity contribution in [1.29, 1.82) is 0 Å². The lowest BCUT2D eigenvalue weighted by Gasteiger charge is -2.23. The molecule has 1 aliphatic heterocycles. The molecule has 1 aliphatic rings. The Labute approximate surface area is 123 Å². The van der Waals surface area contributed by atoms with E-state index in [1.54, 1.807) is 0 Å². The van der Waals surface area contributed by atoms with Crippen molar-refractivity contribution in [2.24, 2.45) is 5.92 Å². The van der Waals surface area contributed by atoms with Crippen LogP contribution in [0.5, 0.6) is 0 Å². The van der Waals surface area contributed by atoms with E-state index in [1.807, 2.05) is 31.2 Å². The number of nitrogens with one attached hydrogen (secondary N) is 2. The predicted molar refractivity (Wildman–Crippen MR) is 80.9 cm³/mol. The Morgan fingerprint density at radius 3 is 2.84 bits per heavy atom. The van der Waals surface area contributed by atoms with Gasteiger partial charge in [-0.3, -0.25) is 4.79 Å². The van der Waals surface area contributed by atoms with Gasteiger partial charge in [0.05, 0.1) is 6.04 Å². The fourth-order valence-corrected chi connectivity index (χ4v) is 2.76. The van der Waals surface area contributed by atoms with E-state index >= 15 is 0 Å².